The second-order valence-corrected chi connectivity index (χ2v) is 7.82. The zero-order valence-corrected chi connectivity index (χ0v) is 16.8. The van der Waals surface area contributed by atoms with Crippen LogP contribution < -0.4 is 0 Å². The van der Waals surface area contributed by atoms with E-state index in [9.17, 15) is 9.59 Å². The van der Waals surface area contributed by atoms with E-state index in [1.165, 1.54) is 11.3 Å². The number of esters is 2. The molecule has 0 saturated carbocycles. The average molecular weight is 404 g/mol. The van der Waals surface area contributed by atoms with Crippen LogP contribution in [0.3, 0.4) is 0 Å². The summed E-state index contributed by atoms with van der Waals surface area (Å²) in [6.45, 7) is 4.66. The van der Waals surface area contributed by atoms with Crippen LogP contribution in [0.4, 0.5) is 0 Å². The molecular formula is C20H21NO4S2. The molecule has 0 aliphatic carbocycles. The van der Waals surface area contributed by atoms with Gasteiger partial charge in [0.15, 0.2) is 0 Å². The van der Waals surface area contributed by atoms with Gasteiger partial charge in [-0.1, -0.05) is 12.1 Å². The normalized spacial score (nSPS) is 14.5. The summed E-state index contributed by atoms with van der Waals surface area (Å²) in [5.41, 5.74) is 0.891. The first-order chi connectivity index (χ1) is 13.1. The summed E-state index contributed by atoms with van der Waals surface area (Å²) in [5, 5.41) is 3.93. The van der Waals surface area contributed by atoms with E-state index in [4.69, 9.17) is 9.47 Å². The van der Waals surface area contributed by atoms with Gasteiger partial charge in [0, 0.05) is 22.2 Å². The molecule has 0 atom stereocenters. The van der Waals surface area contributed by atoms with Gasteiger partial charge in [0.25, 0.3) is 0 Å². The van der Waals surface area contributed by atoms with Gasteiger partial charge in [-0.3, -0.25) is 0 Å². The van der Waals surface area contributed by atoms with E-state index < -0.39 is 17.9 Å². The summed E-state index contributed by atoms with van der Waals surface area (Å²) in [4.78, 5) is 29.3. The highest BCUT2D eigenvalue weighted by Crippen LogP contribution is 2.39. The van der Waals surface area contributed by atoms with Gasteiger partial charge in [-0.25, -0.2) is 9.59 Å². The molecule has 2 aromatic heterocycles. The van der Waals surface area contributed by atoms with Gasteiger partial charge in [-0.05, 0) is 36.7 Å². The number of ether oxygens (including phenoxy) is 2. The van der Waals surface area contributed by atoms with Crippen molar-refractivity contribution in [2.75, 3.05) is 13.2 Å². The average Bonchev–Trinajstić information content (AvgIpc) is 3.35. The smallest absolute Gasteiger partial charge is 0.336 e. The monoisotopic (exact) mass is 403 g/mol. The molecular weight excluding hydrogens is 382 g/mol. The van der Waals surface area contributed by atoms with Crippen molar-refractivity contribution in [3.63, 3.8) is 0 Å². The highest BCUT2D eigenvalue weighted by molar-refractivity contribution is 7.10. The molecule has 0 amide bonds. The molecule has 0 N–H and O–H groups in total. The molecule has 1 aliphatic heterocycles. The molecule has 0 unspecified atom stereocenters. The molecule has 0 radical (unpaired) electrons. The van der Waals surface area contributed by atoms with Crippen LogP contribution in [0.25, 0.3) is 0 Å². The SMILES string of the molecule is CCOC(=O)C1=CN(Cc2cccs2)C=C(C(=O)OCC)C1c1cccs1. The predicted molar refractivity (Wildman–Crippen MR) is 106 cm³/mol. The van der Waals surface area contributed by atoms with Gasteiger partial charge in [0.05, 0.1) is 36.8 Å². The molecule has 27 heavy (non-hydrogen) atoms. The molecule has 0 saturated heterocycles. The van der Waals surface area contributed by atoms with Crippen LogP contribution in [0, 0.1) is 0 Å². The molecule has 5 nitrogen and oxygen atoms in total. The zero-order valence-electron chi connectivity index (χ0n) is 15.2. The maximum Gasteiger partial charge on any atom is 0.336 e. The minimum absolute atomic E-state index is 0.275. The van der Waals surface area contributed by atoms with Crippen molar-refractivity contribution >= 4 is 34.6 Å². The third kappa shape index (κ3) is 4.48. The van der Waals surface area contributed by atoms with E-state index in [0.717, 1.165) is 9.75 Å². The molecule has 3 rings (SSSR count). The van der Waals surface area contributed by atoms with Crippen molar-refractivity contribution in [3.05, 3.63) is 68.3 Å². The summed E-state index contributed by atoms with van der Waals surface area (Å²) in [6, 6.07) is 7.82. The van der Waals surface area contributed by atoms with Crippen LogP contribution in [0.5, 0.6) is 0 Å². The minimum Gasteiger partial charge on any atom is -0.463 e. The van der Waals surface area contributed by atoms with E-state index in [0.29, 0.717) is 17.7 Å². The van der Waals surface area contributed by atoms with Crippen LogP contribution in [-0.2, 0) is 25.6 Å². The Labute approximate surface area is 166 Å². The highest BCUT2D eigenvalue weighted by Gasteiger charge is 2.36. The Bertz CT molecular complexity index is 801. The number of rotatable bonds is 7. The van der Waals surface area contributed by atoms with E-state index >= 15 is 0 Å². The Balaban J connectivity index is 2.03. The van der Waals surface area contributed by atoms with Crippen LogP contribution >= 0.6 is 22.7 Å². The van der Waals surface area contributed by atoms with Gasteiger partial charge in [-0.2, -0.15) is 0 Å². The fourth-order valence-electron chi connectivity index (χ4n) is 2.92. The van der Waals surface area contributed by atoms with Crippen molar-refractivity contribution in [2.24, 2.45) is 0 Å². The van der Waals surface area contributed by atoms with Gasteiger partial charge >= 0.3 is 11.9 Å². The maximum absolute atomic E-state index is 12.7. The number of hydrogen-bond donors (Lipinski definition) is 0. The second kappa shape index (κ2) is 9.01. The fraction of sp³-hybridized carbons (Fsp3) is 0.300. The summed E-state index contributed by atoms with van der Waals surface area (Å²) < 4.78 is 10.6. The Hall–Kier alpha value is -2.38. The maximum atomic E-state index is 12.7. The van der Waals surface area contributed by atoms with Crippen molar-refractivity contribution in [3.8, 4) is 0 Å². The molecule has 0 bridgehead atoms. The van der Waals surface area contributed by atoms with Gasteiger partial charge < -0.3 is 14.4 Å². The van der Waals surface area contributed by atoms with Crippen molar-refractivity contribution in [2.45, 2.75) is 26.3 Å². The highest BCUT2D eigenvalue weighted by atomic mass is 32.1. The quantitative estimate of drug-likeness (QED) is 0.645. The fourth-order valence-corrected chi connectivity index (χ4v) is 4.49. The van der Waals surface area contributed by atoms with Crippen LogP contribution in [0.15, 0.2) is 58.6 Å². The summed E-state index contributed by atoms with van der Waals surface area (Å²) in [6.07, 6.45) is 3.57. The number of thiophene rings is 2. The molecule has 142 valence electrons. The first-order valence-corrected chi connectivity index (χ1v) is 10.5. The second-order valence-electron chi connectivity index (χ2n) is 5.81. The van der Waals surface area contributed by atoms with Crippen LogP contribution in [0.2, 0.25) is 0 Å². The zero-order chi connectivity index (χ0) is 19.2. The third-order valence-electron chi connectivity index (χ3n) is 4.00. The first kappa shape index (κ1) is 19.4. The third-order valence-corrected chi connectivity index (χ3v) is 5.80. The molecule has 0 fully saturated rings. The Morgan fingerprint density at radius 1 is 0.963 bits per heavy atom. The molecule has 3 heterocycles. The molecule has 2 aromatic rings. The molecule has 1 aliphatic rings. The van der Waals surface area contributed by atoms with Crippen LogP contribution in [0.1, 0.15) is 29.5 Å². The predicted octanol–water partition coefficient (Wildman–Crippen LogP) is 4.30. The topological polar surface area (TPSA) is 55.8 Å². The van der Waals surface area contributed by atoms with Crippen molar-refractivity contribution < 1.29 is 19.1 Å². The van der Waals surface area contributed by atoms with E-state index in [-0.39, 0.29) is 13.2 Å². The number of nitrogens with zero attached hydrogens (tertiary/aromatic N) is 1. The number of hydrogen-bond acceptors (Lipinski definition) is 7. The molecule has 0 spiro atoms. The standard InChI is InChI=1S/C20H21NO4S2/c1-3-24-19(22)15-12-21(11-14-7-5-9-26-14)13-16(20(23)25-4-2)18(15)17-8-6-10-27-17/h5-10,12-13,18H,3-4,11H2,1-2H3. The molecule has 0 aromatic carbocycles. The number of carbonyl (C=O) groups is 2. The summed E-state index contributed by atoms with van der Waals surface area (Å²) in [5.74, 6) is -1.31. The van der Waals surface area contributed by atoms with E-state index in [2.05, 4.69) is 0 Å². The largest absolute Gasteiger partial charge is 0.463 e. The Morgan fingerprint density at radius 3 is 2.04 bits per heavy atom. The Morgan fingerprint density at radius 2 is 1.56 bits per heavy atom. The lowest BCUT2D eigenvalue weighted by Gasteiger charge is -2.29. The van der Waals surface area contributed by atoms with Gasteiger partial charge in [0.2, 0.25) is 0 Å². The minimum atomic E-state index is -0.484. The van der Waals surface area contributed by atoms with Gasteiger partial charge in [0.1, 0.15) is 0 Å². The number of carbonyl (C=O) groups excluding carboxylic acids is 2. The first-order valence-electron chi connectivity index (χ1n) is 8.73. The van der Waals surface area contributed by atoms with E-state index in [1.807, 2.05) is 39.9 Å². The summed E-state index contributed by atoms with van der Waals surface area (Å²) in [7, 11) is 0. The summed E-state index contributed by atoms with van der Waals surface area (Å²) >= 11 is 3.13. The lowest BCUT2D eigenvalue weighted by molar-refractivity contribution is -0.139. The van der Waals surface area contributed by atoms with Crippen molar-refractivity contribution in [1.82, 2.24) is 4.90 Å². The van der Waals surface area contributed by atoms with Crippen molar-refractivity contribution in [1.29, 1.82) is 0 Å². The lowest BCUT2D eigenvalue weighted by atomic mass is 9.88. The molecule has 7 heteroatoms. The van der Waals surface area contributed by atoms with Gasteiger partial charge in [-0.15, -0.1) is 22.7 Å². The van der Waals surface area contributed by atoms with E-state index in [1.54, 1.807) is 37.6 Å². The lowest BCUT2D eigenvalue weighted by Crippen LogP contribution is -2.28. The Kier molecular flexibility index (Phi) is 6.47. The van der Waals surface area contributed by atoms with Crippen LogP contribution in [-0.4, -0.2) is 30.1 Å².